The van der Waals surface area contributed by atoms with Crippen LogP contribution in [0.3, 0.4) is 0 Å². The summed E-state index contributed by atoms with van der Waals surface area (Å²) in [5.74, 6) is 0.767. The number of hydrogen-bond acceptors (Lipinski definition) is 4. The van der Waals surface area contributed by atoms with E-state index in [2.05, 4.69) is 22.2 Å². The topological polar surface area (TPSA) is 47.0 Å². The molecule has 0 bridgehead atoms. The van der Waals surface area contributed by atoms with Crippen LogP contribution < -0.4 is 5.32 Å². The van der Waals surface area contributed by atoms with Crippen LogP contribution in [0.1, 0.15) is 19.0 Å². The Morgan fingerprint density at radius 2 is 2.10 bits per heavy atom. The maximum atomic E-state index is 13.2. The first kappa shape index (κ1) is 15.7. The number of rotatable bonds is 6. The summed E-state index contributed by atoms with van der Waals surface area (Å²) in [7, 11) is 1.60. The Morgan fingerprint density at radius 1 is 1.29 bits per heavy atom. The zero-order valence-electron chi connectivity index (χ0n) is 12.0. The number of ether oxygens (including phenoxy) is 1. The first-order valence-electron chi connectivity index (χ1n) is 6.70. The second-order valence-electron chi connectivity index (χ2n) is 4.55. The molecule has 2 aromatic rings. The molecular weight excluding hydrogens is 293 g/mol. The minimum atomic E-state index is -0.388. The van der Waals surface area contributed by atoms with Crippen LogP contribution >= 0.6 is 11.6 Å². The highest BCUT2D eigenvalue weighted by Gasteiger charge is 2.11. The van der Waals surface area contributed by atoms with Crippen molar-refractivity contribution in [3.63, 3.8) is 0 Å². The molecule has 0 unspecified atom stereocenters. The Bertz CT molecular complexity index is 622. The number of methoxy groups -OCH3 is 1. The lowest BCUT2D eigenvalue weighted by molar-refractivity contribution is 0.181. The van der Waals surface area contributed by atoms with Crippen molar-refractivity contribution in [1.82, 2.24) is 9.97 Å². The quantitative estimate of drug-likeness (QED) is 0.879. The minimum Gasteiger partial charge on any atom is -0.378 e. The Kier molecular flexibility index (Phi) is 5.47. The Morgan fingerprint density at radius 3 is 2.76 bits per heavy atom. The van der Waals surface area contributed by atoms with E-state index in [4.69, 9.17) is 16.3 Å². The van der Waals surface area contributed by atoms with Gasteiger partial charge in [0.2, 0.25) is 0 Å². The lowest BCUT2D eigenvalue weighted by Crippen LogP contribution is -2.06. The first-order valence-corrected chi connectivity index (χ1v) is 7.08. The number of anilines is 1. The normalized spacial score (nSPS) is 10.7. The molecule has 4 nitrogen and oxygen atoms in total. The van der Waals surface area contributed by atoms with Crippen LogP contribution in [0.2, 0.25) is 5.02 Å². The van der Waals surface area contributed by atoms with Crippen LogP contribution in [0.4, 0.5) is 10.2 Å². The van der Waals surface area contributed by atoms with Gasteiger partial charge in [0, 0.05) is 25.3 Å². The van der Waals surface area contributed by atoms with Crippen LogP contribution in [0.5, 0.6) is 0 Å². The van der Waals surface area contributed by atoms with Gasteiger partial charge in [0.05, 0.1) is 17.3 Å². The average Bonchev–Trinajstić information content (AvgIpc) is 2.45. The molecule has 6 heteroatoms. The van der Waals surface area contributed by atoms with Gasteiger partial charge in [-0.15, -0.1) is 0 Å². The molecule has 0 aliphatic heterocycles. The molecule has 1 aromatic heterocycles. The molecule has 21 heavy (non-hydrogen) atoms. The van der Waals surface area contributed by atoms with Gasteiger partial charge in [-0.2, -0.15) is 0 Å². The molecule has 0 saturated carbocycles. The van der Waals surface area contributed by atoms with Gasteiger partial charge < -0.3 is 10.1 Å². The fourth-order valence-corrected chi connectivity index (χ4v) is 2.11. The van der Waals surface area contributed by atoms with Crippen LogP contribution in [-0.2, 0) is 11.3 Å². The lowest BCUT2D eigenvalue weighted by atomic mass is 10.2. The minimum absolute atomic E-state index is 0.283. The summed E-state index contributed by atoms with van der Waals surface area (Å²) in [4.78, 5) is 8.84. The highest BCUT2D eigenvalue weighted by Crippen LogP contribution is 2.27. The van der Waals surface area contributed by atoms with Crippen LogP contribution in [0, 0.1) is 5.82 Å². The maximum Gasteiger partial charge on any atom is 0.163 e. The zero-order chi connectivity index (χ0) is 15.2. The zero-order valence-corrected chi connectivity index (χ0v) is 12.7. The number of aromatic nitrogens is 2. The van der Waals surface area contributed by atoms with Gasteiger partial charge in [-0.3, -0.25) is 0 Å². The molecule has 0 amide bonds. The van der Waals surface area contributed by atoms with Crippen LogP contribution in [-0.4, -0.2) is 23.6 Å². The molecule has 1 aromatic carbocycles. The van der Waals surface area contributed by atoms with Gasteiger partial charge in [-0.05, 0) is 24.6 Å². The van der Waals surface area contributed by atoms with Crippen molar-refractivity contribution < 1.29 is 9.13 Å². The van der Waals surface area contributed by atoms with E-state index in [1.54, 1.807) is 13.2 Å². The molecule has 0 atom stereocenters. The highest BCUT2D eigenvalue weighted by atomic mass is 35.5. The number of hydrogen-bond donors (Lipinski definition) is 1. The largest absolute Gasteiger partial charge is 0.378 e. The third-order valence-corrected chi connectivity index (χ3v) is 3.11. The van der Waals surface area contributed by atoms with Crippen molar-refractivity contribution in [2.45, 2.75) is 20.0 Å². The summed E-state index contributed by atoms with van der Waals surface area (Å²) in [6.07, 6.45) is 0.982. The van der Waals surface area contributed by atoms with Crippen LogP contribution in [0.25, 0.3) is 11.4 Å². The summed E-state index contributed by atoms with van der Waals surface area (Å²) in [6.45, 7) is 3.25. The molecule has 0 spiro atoms. The van der Waals surface area contributed by atoms with Crippen molar-refractivity contribution in [2.75, 3.05) is 19.0 Å². The van der Waals surface area contributed by atoms with Gasteiger partial charge in [0.1, 0.15) is 11.6 Å². The fraction of sp³-hybridized carbons (Fsp3) is 0.333. The number of halogens is 2. The first-order chi connectivity index (χ1) is 10.1. The summed E-state index contributed by atoms with van der Waals surface area (Å²) >= 11 is 6.08. The third-order valence-electron chi connectivity index (χ3n) is 2.80. The molecule has 112 valence electrons. The van der Waals surface area contributed by atoms with Gasteiger partial charge in [0.15, 0.2) is 5.82 Å². The van der Waals surface area contributed by atoms with E-state index in [9.17, 15) is 4.39 Å². The highest BCUT2D eigenvalue weighted by molar-refractivity contribution is 6.33. The SMILES string of the molecule is CCCNc1cc(COC)nc(-c2ccc(F)cc2Cl)n1. The smallest absolute Gasteiger partial charge is 0.163 e. The Balaban J connectivity index is 2.43. The predicted octanol–water partition coefficient (Wildman–Crippen LogP) is 3.90. The maximum absolute atomic E-state index is 13.2. The van der Waals surface area contributed by atoms with Crippen LogP contribution in [0.15, 0.2) is 24.3 Å². The molecule has 0 aliphatic rings. The molecule has 0 radical (unpaired) electrons. The summed E-state index contributed by atoms with van der Waals surface area (Å²) in [6, 6.07) is 6.00. The molecule has 1 heterocycles. The fourth-order valence-electron chi connectivity index (χ4n) is 1.85. The molecule has 1 N–H and O–H groups in total. The van der Waals surface area contributed by atoms with E-state index in [1.807, 2.05) is 6.07 Å². The molecule has 0 aliphatic carbocycles. The summed E-state index contributed by atoms with van der Waals surface area (Å²) in [5.41, 5.74) is 1.33. The average molecular weight is 310 g/mol. The van der Waals surface area contributed by atoms with Gasteiger partial charge in [0.25, 0.3) is 0 Å². The predicted molar refractivity (Wildman–Crippen MR) is 81.9 cm³/mol. The molecule has 0 saturated heterocycles. The van der Waals surface area contributed by atoms with Gasteiger partial charge in [-0.25, -0.2) is 14.4 Å². The second kappa shape index (κ2) is 7.33. The number of nitrogens with one attached hydrogen (secondary N) is 1. The molecular formula is C15H17ClFN3O. The standard InChI is InChI=1S/C15H17ClFN3O/c1-3-6-18-14-8-11(9-21-2)19-15(20-14)12-5-4-10(17)7-13(12)16/h4-5,7-8H,3,6,9H2,1-2H3,(H,18,19,20). The molecule has 2 rings (SSSR count). The number of nitrogens with zero attached hydrogens (tertiary/aromatic N) is 2. The van der Waals surface area contributed by atoms with E-state index >= 15 is 0 Å². The van der Waals surface area contributed by atoms with Gasteiger partial charge in [-0.1, -0.05) is 18.5 Å². The Labute approximate surface area is 128 Å². The molecule has 0 fully saturated rings. The van der Waals surface area contributed by atoms with E-state index < -0.39 is 0 Å². The van der Waals surface area contributed by atoms with Crippen molar-refractivity contribution in [2.24, 2.45) is 0 Å². The number of benzene rings is 1. The van der Waals surface area contributed by atoms with Gasteiger partial charge >= 0.3 is 0 Å². The van der Waals surface area contributed by atoms with E-state index in [0.717, 1.165) is 18.7 Å². The van der Waals surface area contributed by atoms with Crippen molar-refractivity contribution in [1.29, 1.82) is 0 Å². The third kappa shape index (κ3) is 4.12. The Hall–Kier alpha value is -1.72. The monoisotopic (exact) mass is 309 g/mol. The van der Waals surface area contributed by atoms with Crippen molar-refractivity contribution in [3.05, 3.63) is 40.8 Å². The van der Waals surface area contributed by atoms with E-state index in [1.165, 1.54) is 12.1 Å². The van der Waals surface area contributed by atoms with E-state index in [-0.39, 0.29) is 10.8 Å². The van der Waals surface area contributed by atoms with Crippen molar-refractivity contribution >= 4 is 17.4 Å². The van der Waals surface area contributed by atoms with E-state index in [0.29, 0.717) is 23.8 Å². The lowest BCUT2D eigenvalue weighted by Gasteiger charge is -2.10. The summed E-state index contributed by atoms with van der Waals surface area (Å²) in [5, 5.41) is 3.49. The van der Waals surface area contributed by atoms with Crippen molar-refractivity contribution in [3.8, 4) is 11.4 Å². The second-order valence-corrected chi connectivity index (χ2v) is 4.96. The summed E-state index contributed by atoms with van der Waals surface area (Å²) < 4.78 is 18.3.